The van der Waals surface area contributed by atoms with E-state index in [4.69, 9.17) is 10.5 Å². The molecule has 5 atom stereocenters. The highest BCUT2D eigenvalue weighted by Crippen LogP contribution is 2.29. The molecule has 1 aliphatic heterocycles. The average molecular weight is 257 g/mol. The molecule has 18 heavy (non-hydrogen) atoms. The van der Waals surface area contributed by atoms with E-state index in [0.29, 0.717) is 0 Å². The summed E-state index contributed by atoms with van der Waals surface area (Å²) in [5.41, 5.74) is 4.65. The summed E-state index contributed by atoms with van der Waals surface area (Å²) in [4.78, 5) is 15.1. The third kappa shape index (κ3) is 2.10. The van der Waals surface area contributed by atoms with Crippen LogP contribution in [0.1, 0.15) is 13.2 Å². The fourth-order valence-electron chi connectivity index (χ4n) is 1.93. The predicted molar refractivity (Wildman–Crippen MR) is 60.5 cm³/mol. The second-order valence-corrected chi connectivity index (χ2v) is 4.26. The van der Waals surface area contributed by atoms with Crippen molar-refractivity contribution in [2.75, 3.05) is 5.73 Å². The molecule has 0 radical (unpaired) electrons. The van der Waals surface area contributed by atoms with Crippen molar-refractivity contribution < 1.29 is 20.1 Å². The zero-order valence-electron chi connectivity index (χ0n) is 9.67. The zero-order chi connectivity index (χ0) is 13.4. The molecule has 0 unspecified atom stereocenters. The Kier molecular flexibility index (Phi) is 3.35. The van der Waals surface area contributed by atoms with Crippen molar-refractivity contribution in [3.8, 4) is 0 Å². The third-order valence-electron chi connectivity index (χ3n) is 2.88. The molecule has 0 aliphatic carbocycles. The molecule has 0 saturated carbocycles. The minimum absolute atomic E-state index is 0.0522. The molecular weight excluding hydrogens is 242 g/mol. The van der Waals surface area contributed by atoms with E-state index in [0.717, 1.165) is 4.57 Å². The lowest BCUT2D eigenvalue weighted by Gasteiger charge is -2.17. The molecule has 0 amide bonds. The van der Waals surface area contributed by atoms with Crippen molar-refractivity contribution in [1.82, 2.24) is 9.55 Å². The Hall–Kier alpha value is -1.48. The van der Waals surface area contributed by atoms with Gasteiger partial charge in [-0.15, -0.1) is 0 Å². The first-order chi connectivity index (χ1) is 8.41. The number of rotatable bonds is 2. The molecular formula is C10H15N3O5. The van der Waals surface area contributed by atoms with Crippen LogP contribution in [-0.2, 0) is 4.74 Å². The predicted octanol–water partition coefficient (Wildman–Crippen LogP) is -2.17. The average Bonchev–Trinajstić information content (AvgIpc) is 2.57. The van der Waals surface area contributed by atoms with E-state index in [1.807, 2.05) is 0 Å². The molecule has 1 aromatic rings. The lowest BCUT2D eigenvalue weighted by atomic mass is 10.1. The highest BCUT2D eigenvalue weighted by atomic mass is 16.6. The van der Waals surface area contributed by atoms with E-state index in [2.05, 4.69) is 4.98 Å². The summed E-state index contributed by atoms with van der Waals surface area (Å²) in [6.07, 6.45) is -4.32. The number of aliphatic hydroxyl groups excluding tert-OH is 3. The van der Waals surface area contributed by atoms with Gasteiger partial charge in [-0.2, -0.15) is 4.98 Å². The molecule has 1 aliphatic rings. The normalized spacial score (nSPS) is 33.6. The monoisotopic (exact) mass is 257 g/mol. The number of nitrogens with zero attached hydrogens (tertiary/aromatic N) is 2. The molecule has 2 rings (SSSR count). The standard InChI is InChI=1S/C10H15N3O5/c1-4(14)8-6(15)7(16)9(18-8)13-3-2-5(11)12-10(13)17/h2-4,6-9,14-16H,1H3,(H2,11,12,17)/t4-,6-,7+,8+,9+/m0/s1. The SMILES string of the molecule is C[C@H](O)[C@H]1O[C@@H](n2ccc(N)nc2=O)[C@H](O)[C@@H]1O. The van der Waals surface area contributed by atoms with Crippen molar-refractivity contribution in [3.63, 3.8) is 0 Å². The zero-order valence-corrected chi connectivity index (χ0v) is 9.67. The number of anilines is 1. The highest BCUT2D eigenvalue weighted by molar-refractivity contribution is 5.23. The van der Waals surface area contributed by atoms with Crippen LogP contribution in [0.25, 0.3) is 0 Å². The van der Waals surface area contributed by atoms with Crippen molar-refractivity contribution in [3.05, 3.63) is 22.7 Å². The van der Waals surface area contributed by atoms with Crippen molar-refractivity contribution in [2.24, 2.45) is 0 Å². The van der Waals surface area contributed by atoms with Crippen LogP contribution in [0.4, 0.5) is 5.82 Å². The van der Waals surface area contributed by atoms with E-state index in [1.165, 1.54) is 19.2 Å². The van der Waals surface area contributed by atoms with Crippen LogP contribution in [-0.4, -0.2) is 49.3 Å². The molecule has 1 aromatic heterocycles. The van der Waals surface area contributed by atoms with Gasteiger partial charge in [-0.05, 0) is 13.0 Å². The lowest BCUT2D eigenvalue weighted by molar-refractivity contribution is -0.0803. The molecule has 100 valence electrons. The van der Waals surface area contributed by atoms with Crippen LogP contribution < -0.4 is 11.4 Å². The van der Waals surface area contributed by atoms with Crippen LogP contribution in [0.3, 0.4) is 0 Å². The number of aliphatic hydroxyl groups is 3. The molecule has 1 saturated heterocycles. The fourth-order valence-corrected chi connectivity index (χ4v) is 1.93. The van der Waals surface area contributed by atoms with Crippen LogP contribution in [0.5, 0.6) is 0 Å². The maximum absolute atomic E-state index is 11.6. The topological polar surface area (TPSA) is 131 Å². The molecule has 2 heterocycles. The summed E-state index contributed by atoms with van der Waals surface area (Å²) in [6, 6.07) is 1.37. The maximum atomic E-state index is 11.6. The third-order valence-corrected chi connectivity index (χ3v) is 2.88. The second kappa shape index (κ2) is 4.65. The number of nitrogen functional groups attached to an aromatic ring is 1. The fraction of sp³-hybridized carbons (Fsp3) is 0.600. The van der Waals surface area contributed by atoms with E-state index < -0.39 is 36.3 Å². The van der Waals surface area contributed by atoms with Gasteiger partial charge in [0.05, 0.1) is 6.10 Å². The highest BCUT2D eigenvalue weighted by Gasteiger charge is 2.46. The number of hydrogen-bond acceptors (Lipinski definition) is 7. The Bertz CT molecular complexity index is 489. The van der Waals surface area contributed by atoms with E-state index >= 15 is 0 Å². The van der Waals surface area contributed by atoms with Gasteiger partial charge in [0, 0.05) is 6.20 Å². The van der Waals surface area contributed by atoms with Gasteiger partial charge in [0.2, 0.25) is 0 Å². The van der Waals surface area contributed by atoms with Crippen molar-refractivity contribution >= 4 is 5.82 Å². The summed E-state index contributed by atoms with van der Waals surface area (Å²) in [5, 5.41) is 28.9. The van der Waals surface area contributed by atoms with Gasteiger partial charge < -0.3 is 25.8 Å². The quantitative estimate of drug-likeness (QED) is 0.474. The van der Waals surface area contributed by atoms with Crippen LogP contribution in [0.15, 0.2) is 17.1 Å². The van der Waals surface area contributed by atoms with Gasteiger partial charge in [-0.25, -0.2) is 4.79 Å². The molecule has 0 aromatic carbocycles. The molecule has 0 spiro atoms. The van der Waals surface area contributed by atoms with Gasteiger partial charge in [-0.1, -0.05) is 0 Å². The minimum Gasteiger partial charge on any atom is -0.391 e. The summed E-state index contributed by atoms with van der Waals surface area (Å²) in [7, 11) is 0. The van der Waals surface area contributed by atoms with Gasteiger partial charge in [0.1, 0.15) is 24.1 Å². The number of aromatic nitrogens is 2. The molecule has 0 bridgehead atoms. The first-order valence-electron chi connectivity index (χ1n) is 5.46. The Balaban J connectivity index is 2.32. The molecule has 1 fully saturated rings. The number of hydrogen-bond donors (Lipinski definition) is 4. The summed E-state index contributed by atoms with van der Waals surface area (Å²) in [5.74, 6) is 0.0522. The Labute approximate surface area is 102 Å². The molecule has 8 heteroatoms. The molecule has 5 N–H and O–H groups in total. The van der Waals surface area contributed by atoms with Gasteiger partial charge in [-0.3, -0.25) is 4.57 Å². The Morgan fingerprint density at radius 3 is 2.67 bits per heavy atom. The first-order valence-corrected chi connectivity index (χ1v) is 5.46. The largest absolute Gasteiger partial charge is 0.391 e. The minimum atomic E-state index is -1.33. The summed E-state index contributed by atoms with van der Waals surface area (Å²) >= 11 is 0. The van der Waals surface area contributed by atoms with Crippen LogP contribution in [0, 0.1) is 0 Å². The maximum Gasteiger partial charge on any atom is 0.351 e. The Morgan fingerprint density at radius 2 is 2.17 bits per heavy atom. The van der Waals surface area contributed by atoms with Crippen LogP contribution >= 0.6 is 0 Å². The molecule has 8 nitrogen and oxygen atoms in total. The van der Waals surface area contributed by atoms with Crippen LogP contribution in [0.2, 0.25) is 0 Å². The number of ether oxygens (including phenoxy) is 1. The Morgan fingerprint density at radius 1 is 1.50 bits per heavy atom. The van der Waals surface area contributed by atoms with Crippen molar-refractivity contribution in [1.29, 1.82) is 0 Å². The summed E-state index contributed by atoms with van der Waals surface area (Å²) in [6.45, 7) is 1.42. The second-order valence-electron chi connectivity index (χ2n) is 4.26. The summed E-state index contributed by atoms with van der Waals surface area (Å²) < 4.78 is 6.31. The van der Waals surface area contributed by atoms with E-state index in [-0.39, 0.29) is 5.82 Å². The van der Waals surface area contributed by atoms with Crippen molar-refractivity contribution in [2.45, 2.75) is 37.6 Å². The van der Waals surface area contributed by atoms with Gasteiger partial charge in [0.15, 0.2) is 6.23 Å². The van der Waals surface area contributed by atoms with Gasteiger partial charge >= 0.3 is 5.69 Å². The van der Waals surface area contributed by atoms with Gasteiger partial charge in [0.25, 0.3) is 0 Å². The lowest BCUT2D eigenvalue weighted by Crippen LogP contribution is -2.38. The van der Waals surface area contributed by atoms with E-state index in [9.17, 15) is 20.1 Å². The first kappa shape index (κ1) is 13.0. The smallest absolute Gasteiger partial charge is 0.351 e. The van der Waals surface area contributed by atoms with E-state index in [1.54, 1.807) is 0 Å². The number of nitrogens with two attached hydrogens (primary N) is 1.